The number of rotatable bonds is 11. The van der Waals surface area contributed by atoms with E-state index in [-0.39, 0.29) is 19.1 Å². The molecule has 2 aromatic carbocycles. The minimum absolute atomic E-state index is 0.121. The lowest BCUT2D eigenvalue weighted by Gasteiger charge is -2.26. The van der Waals surface area contributed by atoms with Crippen molar-refractivity contribution in [2.75, 3.05) is 18.5 Å². The predicted molar refractivity (Wildman–Crippen MR) is 113 cm³/mol. The number of aliphatic hydroxyl groups is 1. The fourth-order valence-electron chi connectivity index (χ4n) is 2.97. The van der Waals surface area contributed by atoms with Gasteiger partial charge in [0.15, 0.2) is 0 Å². The van der Waals surface area contributed by atoms with Gasteiger partial charge in [-0.2, -0.15) is 0 Å². The molecule has 0 aliphatic carbocycles. The smallest absolute Gasteiger partial charge is 0.412 e. The molecule has 0 aromatic heterocycles. The lowest BCUT2D eigenvalue weighted by Crippen LogP contribution is -2.22. The number of carbonyl (C=O) groups excluding carboxylic acids is 1. The van der Waals surface area contributed by atoms with Gasteiger partial charge in [-0.1, -0.05) is 49.4 Å². The fourth-order valence-corrected chi connectivity index (χ4v) is 2.97. The monoisotopic (exact) mass is 413 g/mol. The van der Waals surface area contributed by atoms with E-state index in [9.17, 15) is 9.59 Å². The number of ether oxygens (including phenoxy) is 2. The average molecular weight is 413 g/mol. The SMILES string of the molecule is C[C@H](CC/C=C/C(=O)O)[C@@H](OC(=O)Nc1ccccc1)c1ccccc1OCCO. The van der Waals surface area contributed by atoms with Crippen molar-refractivity contribution in [2.45, 2.75) is 25.9 Å². The first-order chi connectivity index (χ1) is 14.5. The van der Waals surface area contributed by atoms with Crippen LogP contribution in [-0.2, 0) is 9.53 Å². The molecule has 0 heterocycles. The van der Waals surface area contributed by atoms with Crippen molar-refractivity contribution in [1.82, 2.24) is 0 Å². The van der Waals surface area contributed by atoms with E-state index in [1.165, 1.54) is 0 Å². The first-order valence-electron chi connectivity index (χ1n) is 9.76. The number of aliphatic hydroxyl groups excluding tert-OH is 1. The second kappa shape index (κ2) is 12.3. The Labute approximate surface area is 176 Å². The number of amides is 1. The van der Waals surface area contributed by atoms with Crippen LogP contribution in [0, 0.1) is 5.92 Å². The van der Waals surface area contributed by atoms with E-state index in [0.717, 1.165) is 6.08 Å². The number of anilines is 1. The Morgan fingerprint density at radius 2 is 1.80 bits per heavy atom. The number of nitrogens with one attached hydrogen (secondary N) is 1. The molecule has 0 saturated carbocycles. The van der Waals surface area contributed by atoms with Gasteiger partial charge in [-0.05, 0) is 37.0 Å². The van der Waals surface area contributed by atoms with Gasteiger partial charge >= 0.3 is 12.1 Å². The van der Waals surface area contributed by atoms with Crippen molar-refractivity contribution >= 4 is 17.7 Å². The maximum absolute atomic E-state index is 12.5. The first-order valence-corrected chi connectivity index (χ1v) is 9.76. The molecule has 0 bridgehead atoms. The van der Waals surface area contributed by atoms with E-state index in [2.05, 4.69) is 5.32 Å². The van der Waals surface area contributed by atoms with Crippen LogP contribution in [0.4, 0.5) is 10.5 Å². The van der Waals surface area contributed by atoms with Crippen LogP contribution in [0.25, 0.3) is 0 Å². The standard InChI is InChI=1S/C23H27NO6/c1-17(9-5-8-14-21(26)27)22(19-12-6-7-13-20(19)29-16-15-25)30-23(28)24-18-10-3-2-4-11-18/h2-4,6-8,10-14,17,22,25H,5,9,15-16H2,1H3,(H,24,28)(H,26,27)/b14-8+/t17-,22-/m1/s1. The van der Waals surface area contributed by atoms with Crippen LogP contribution in [0.3, 0.4) is 0 Å². The number of carboxylic acid groups (broad SMARTS) is 1. The summed E-state index contributed by atoms with van der Waals surface area (Å²) in [4.78, 5) is 23.2. The van der Waals surface area contributed by atoms with E-state index in [4.69, 9.17) is 19.7 Å². The highest BCUT2D eigenvalue weighted by Gasteiger charge is 2.26. The molecule has 0 spiro atoms. The second-order valence-corrected chi connectivity index (χ2v) is 6.72. The average Bonchev–Trinajstić information content (AvgIpc) is 2.74. The number of allylic oxidation sites excluding steroid dienone is 1. The third-order valence-electron chi connectivity index (χ3n) is 4.39. The van der Waals surface area contributed by atoms with Gasteiger partial charge in [0.1, 0.15) is 18.5 Å². The number of carboxylic acids is 1. The minimum Gasteiger partial charge on any atom is -0.491 e. The summed E-state index contributed by atoms with van der Waals surface area (Å²) in [5, 5.41) is 20.5. The molecule has 2 aromatic rings. The van der Waals surface area contributed by atoms with Gasteiger partial charge in [0.2, 0.25) is 0 Å². The Bertz CT molecular complexity index is 837. The van der Waals surface area contributed by atoms with Gasteiger partial charge in [0.05, 0.1) is 6.61 Å². The zero-order valence-electron chi connectivity index (χ0n) is 16.9. The van der Waals surface area contributed by atoms with Gasteiger partial charge in [-0.15, -0.1) is 0 Å². The Morgan fingerprint density at radius 3 is 2.50 bits per heavy atom. The fraction of sp³-hybridized carbons (Fsp3) is 0.304. The molecule has 0 radical (unpaired) electrons. The van der Waals surface area contributed by atoms with Crippen molar-refractivity contribution in [3.8, 4) is 5.75 Å². The van der Waals surface area contributed by atoms with Crippen LogP contribution in [0.5, 0.6) is 5.75 Å². The summed E-state index contributed by atoms with van der Waals surface area (Å²) in [6.45, 7) is 1.91. The molecule has 7 nitrogen and oxygen atoms in total. The van der Waals surface area contributed by atoms with Crippen molar-refractivity contribution in [1.29, 1.82) is 0 Å². The van der Waals surface area contributed by atoms with Crippen molar-refractivity contribution in [3.05, 3.63) is 72.3 Å². The van der Waals surface area contributed by atoms with Crippen molar-refractivity contribution in [2.24, 2.45) is 5.92 Å². The van der Waals surface area contributed by atoms with Crippen molar-refractivity contribution in [3.63, 3.8) is 0 Å². The third-order valence-corrected chi connectivity index (χ3v) is 4.39. The van der Waals surface area contributed by atoms with E-state index in [1.54, 1.807) is 30.3 Å². The van der Waals surface area contributed by atoms with E-state index in [0.29, 0.717) is 29.8 Å². The Morgan fingerprint density at radius 1 is 1.10 bits per heavy atom. The molecule has 0 unspecified atom stereocenters. The molecule has 2 rings (SSSR count). The summed E-state index contributed by atoms with van der Waals surface area (Å²) < 4.78 is 11.4. The lowest BCUT2D eigenvalue weighted by atomic mass is 9.92. The molecule has 160 valence electrons. The topological polar surface area (TPSA) is 105 Å². The van der Waals surface area contributed by atoms with Crippen LogP contribution in [-0.4, -0.2) is 35.5 Å². The van der Waals surface area contributed by atoms with E-state index >= 15 is 0 Å². The largest absolute Gasteiger partial charge is 0.491 e. The Balaban J connectivity index is 2.19. The minimum atomic E-state index is -1.000. The number of aliphatic carboxylic acids is 1. The predicted octanol–water partition coefficient (Wildman–Crippen LogP) is 4.40. The van der Waals surface area contributed by atoms with Crippen LogP contribution in [0.1, 0.15) is 31.4 Å². The van der Waals surface area contributed by atoms with Crippen molar-refractivity contribution < 1.29 is 29.3 Å². The quantitative estimate of drug-likeness (QED) is 0.472. The number of carbonyl (C=O) groups is 2. The van der Waals surface area contributed by atoms with Crippen LogP contribution in [0.15, 0.2) is 66.7 Å². The number of hydrogen-bond acceptors (Lipinski definition) is 5. The maximum Gasteiger partial charge on any atom is 0.412 e. The van der Waals surface area contributed by atoms with Gasteiger partial charge in [0.25, 0.3) is 0 Å². The van der Waals surface area contributed by atoms with Gasteiger partial charge in [-0.25, -0.2) is 9.59 Å². The normalized spacial score (nSPS) is 12.9. The van der Waals surface area contributed by atoms with Gasteiger partial charge in [0, 0.05) is 17.3 Å². The Kier molecular flexibility index (Phi) is 9.40. The van der Waals surface area contributed by atoms with Crippen LogP contribution >= 0.6 is 0 Å². The number of para-hydroxylation sites is 2. The van der Waals surface area contributed by atoms with Gasteiger partial charge < -0.3 is 19.7 Å². The second-order valence-electron chi connectivity index (χ2n) is 6.72. The molecule has 0 aliphatic heterocycles. The summed E-state index contributed by atoms with van der Waals surface area (Å²) in [6, 6.07) is 16.2. The maximum atomic E-state index is 12.5. The van der Waals surface area contributed by atoms with Crippen LogP contribution < -0.4 is 10.1 Å². The highest BCUT2D eigenvalue weighted by molar-refractivity contribution is 5.84. The highest BCUT2D eigenvalue weighted by Crippen LogP contribution is 2.35. The Hall–Kier alpha value is -3.32. The molecule has 30 heavy (non-hydrogen) atoms. The summed E-state index contributed by atoms with van der Waals surface area (Å²) >= 11 is 0. The number of hydrogen-bond donors (Lipinski definition) is 3. The summed E-state index contributed by atoms with van der Waals surface area (Å²) in [5.41, 5.74) is 1.30. The molecular formula is C23H27NO6. The van der Waals surface area contributed by atoms with E-state index < -0.39 is 18.2 Å². The molecule has 3 N–H and O–H groups in total. The molecule has 0 saturated heterocycles. The van der Waals surface area contributed by atoms with E-state index in [1.807, 2.05) is 37.3 Å². The zero-order valence-corrected chi connectivity index (χ0v) is 16.9. The summed E-state index contributed by atoms with van der Waals surface area (Å²) in [5.74, 6) is -0.596. The molecule has 7 heteroatoms. The van der Waals surface area contributed by atoms with Crippen LogP contribution in [0.2, 0.25) is 0 Å². The third kappa shape index (κ3) is 7.60. The summed E-state index contributed by atoms with van der Waals surface area (Å²) in [6.07, 6.45) is 2.57. The summed E-state index contributed by atoms with van der Waals surface area (Å²) in [7, 11) is 0. The molecule has 2 atom stereocenters. The molecule has 1 amide bonds. The zero-order chi connectivity index (χ0) is 21.8. The molecule has 0 fully saturated rings. The molecule has 0 aliphatic rings. The highest BCUT2D eigenvalue weighted by atomic mass is 16.6. The van der Waals surface area contributed by atoms with Gasteiger partial charge in [-0.3, -0.25) is 5.32 Å². The number of benzene rings is 2. The first kappa shape index (κ1) is 23.0. The molecular weight excluding hydrogens is 386 g/mol. The lowest BCUT2D eigenvalue weighted by molar-refractivity contribution is -0.131.